The van der Waals surface area contributed by atoms with Crippen LogP contribution in [0.4, 0.5) is 0 Å². The highest BCUT2D eigenvalue weighted by Crippen LogP contribution is 2.09. The highest BCUT2D eigenvalue weighted by molar-refractivity contribution is 6.17. The van der Waals surface area contributed by atoms with E-state index in [2.05, 4.69) is 6.58 Å². The molecule has 0 atom stereocenters. The summed E-state index contributed by atoms with van der Waals surface area (Å²) in [6.07, 6.45) is 11.4. The predicted molar refractivity (Wildman–Crippen MR) is 77.9 cm³/mol. The van der Waals surface area contributed by atoms with Gasteiger partial charge in [-0.05, 0) is 26.2 Å². The number of hydrogen-bond donors (Lipinski definition) is 0. The number of hydrogen-bond acceptors (Lipinski definition) is 1. The highest BCUT2D eigenvalue weighted by atomic mass is 35.5. The van der Waals surface area contributed by atoms with Crippen LogP contribution >= 0.6 is 11.6 Å². The zero-order chi connectivity index (χ0) is 12.8. The van der Waals surface area contributed by atoms with Crippen LogP contribution in [0.2, 0.25) is 0 Å². The van der Waals surface area contributed by atoms with Gasteiger partial charge in [0.2, 0.25) is 0 Å². The van der Waals surface area contributed by atoms with Gasteiger partial charge < -0.3 is 4.74 Å². The maximum absolute atomic E-state index is 5.62. The second-order valence-corrected chi connectivity index (χ2v) is 5.21. The van der Waals surface area contributed by atoms with Crippen molar-refractivity contribution in [3.8, 4) is 0 Å². The third-order valence-corrected chi connectivity index (χ3v) is 3.11. The van der Waals surface area contributed by atoms with Crippen molar-refractivity contribution in [1.82, 2.24) is 0 Å². The standard InChI is InChI=1S/C15H29ClO/c1-15(2)11-14-17-13-10-8-6-4-3-5-7-9-12-16/h1,3-14H2,2H3. The van der Waals surface area contributed by atoms with Crippen LogP contribution in [-0.4, -0.2) is 19.1 Å². The van der Waals surface area contributed by atoms with Gasteiger partial charge in [-0.25, -0.2) is 0 Å². The van der Waals surface area contributed by atoms with E-state index in [1.54, 1.807) is 0 Å². The van der Waals surface area contributed by atoms with Crippen LogP contribution in [0.25, 0.3) is 0 Å². The SMILES string of the molecule is C=C(C)CCOCCCCCCCCCCCl. The van der Waals surface area contributed by atoms with Crippen LogP contribution in [0.15, 0.2) is 12.2 Å². The smallest absolute Gasteiger partial charge is 0.0502 e. The van der Waals surface area contributed by atoms with Crippen LogP contribution in [0.1, 0.15) is 64.7 Å². The van der Waals surface area contributed by atoms with Crippen molar-refractivity contribution in [3.63, 3.8) is 0 Å². The van der Waals surface area contributed by atoms with Gasteiger partial charge in [0.1, 0.15) is 0 Å². The van der Waals surface area contributed by atoms with E-state index in [0.717, 1.165) is 25.5 Å². The van der Waals surface area contributed by atoms with Crippen molar-refractivity contribution in [2.24, 2.45) is 0 Å². The molecule has 17 heavy (non-hydrogen) atoms. The topological polar surface area (TPSA) is 9.23 Å². The minimum Gasteiger partial charge on any atom is -0.381 e. The van der Waals surface area contributed by atoms with Crippen molar-refractivity contribution < 1.29 is 4.74 Å². The van der Waals surface area contributed by atoms with Crippen molar-refractivity contribution in [1.29, 1.82) is 0 Å². The third kappa shape index (κ3) is 16.0. The van der Waals surface area contributed by atoms with Gasteiger partial charge in [-0.2, -0.15) is 0 Å². The van der Waals surface area contributed by atoms with E-state index < -0.39 is 0 Å². The summed E-state index contributed by atoms with van der Waals surface area (Å²) in [7, 11) is 0. The first kappa shape index (κ1) is 17.0. The fourth-order valence-electron chi connectivity index (χ4n) is 1.71. The number of alkyl halides is 1. The largest absolute Gasteiger partial charge is 0.381 e. The number of unbranched alkanes of at least 4 members (excludes halogenated alkanes) is 7. The average molecular weight is 261 g/mol. The Morgan fingerprint density at radius 1 is 0.882 bits per heavy atom. The molecule has 0 amide bonds. The predicted octanol–water partition coefficient (Wildman–Crippen LogP) is 5.33. The lowest BCUT2D eigenvalue weighted by Gasteiger charge is -2.04. The molecule has 0 heterocycles. The summed E-state index contributed by atoms with van der Waals surface area (Å²) in [4.78, 5) is 0. The molecular formula is C15H29ClO. The molecule has 0 aliphatic heterocycles. The van der Waals surface area contributed by atoms with Crippen LogP contribution in [0, 0.1) is 0 Å². The fraction of sp³-hybridized carbons (Fsp3) is 0.867. The molecule has 0 spiro atoms. The first-order chi connectivity index (χ1) is 8.27. The van der Waals surface area contributed by atoms with E-state index in [0.29, 0.717) is 0 Å². The van der Waals surface area contributed by atoms with E-state index >= 15 is 0 Å². The Hall–Kier alpha value is -0.0100. The van der Waals surface area contributed by atoms with Gasteiger partial charge >= 0.3 is 0 Å². The van der Waals surface area contributed by atoms with E-state index in [-0.39, 0.29) is 0 Å². The van der Waals surface area contributed by atoms with Crippen molar-refractivity contribution in [3.05, 3.63) is 12.2 Å². The lowest BCUT2D eigenvalue weighted by Crippen LogP contribution is -1.97. The van der Waals surface area contributed by atoms with Crippen molar-refractivity contribution >= 4 is 11.6 Å². The molecule has 0 aliphatic carbocycles. The van der Waals surface area contributed by atoms with Crippen LogP contribution < -0.4 is 0 Å². The normalized spacial score (nSPS) is 10.7. The molecule has 0 fully saturated rings. The minimum absolute atomic E-state index is 0.821. The Morgan fingerprint density at radius 2 is 1.41 bits per heavy atom. The quantitative estimate of drug-likeness (QED) is 0.247. The van der Waals surface area contributed by atoms with Gasteiger partial charge in [0.15, 0.2) is 0 Å². The molecule has 0 rings (SSSR count). The maximum atomic E-state index is 5.62. The molecule has 0 unspecified atom stereocenters. The Bertz CT molecular complexity index is 168. The first-order valence-corrected chi connectivity index (χ1v) is 7.59. The number of halogens is 1. The molecule has 0 aromatic carbocycles. The zero-order valence-electron chi connectivity index (χ0n) is 11.5. The van der Waals surface area contributed by atoms with Gasteiger partial charge in [-0.15, -0.1) is 18.2 Å². The van der Waals surface area contributed by atoms with E-state index in [1.807, 2.05) is 6.92 Å². The fourth-order valence-corrected chi connectivity index (χ4v) is 1.90. The molecule has 0 aliphatic rings. The van der Waals surface area contributed by atoms with E-state index in [9.17, 15) is 0 Å². The summed E-state index contributed by atoms with van der Waals surface area (Å²) in [6, 6.07) is 0. The summed E-state index contributed by atoms with van der Waals surface area (Å²) >= 11 is 5.62. The molecular weight excluding hydrogens is 232 g/mol. The molecule has 0 aromatic heterocycles. The maximum Gasteiger partial charge on any atom is 0.0502 e. The van der Waals surface area contributed by atoms with E-state index in [1.165, 1.54) is 56.9 Å². The van der Waals surface area contributed by atoms with Gasteiger partial charge in [-0.1, -0.05) is 44.1 Å². The Kier molecular flexibility index (Phi) is 14.0. The molecule has 0 saturated carbocycles. The first-order valence-electron chi connectivity index (χ1n) is 7.05. The Balaban J connectivity index is 2.91. The van der Waals surface area contributed by atoms with Gasteiger partial charge in [0.25, 0.3) is 0 Å². The highest BCUT2D eigenvalue weighted by Gasteiger charge is 1.93. The molecule has 2 heteroatoms. The number of rotatable bonds is 13. The zero-order valence-corrected chi connectivity index (χ0v) is 12.2. The van der Waals surface area contributed by atoms with Gasteiger partial charge in [-0.3, -0.25) is 0 Å². The monoisotopic (exact) mass is 260 g/mol. The molecule has 0 bridgehead atoms. The van der Waals surface area contributed by atoms with Crippen LogP contribution in [-0.2, 0) is 4.74 Å². The minimum atomic E-state index is 0.821. The molecule has 102 valence electrons. The molecule has 0 radical (unpaired) electrons. The summed E-state index contributed by atoms with van der Waals surface area (Å²) < 4.78 is 5.53. The second kappa shape index (κ2) is 14.1. The lowest BCUT2D eigenvalue weighted by molar-refractivity contribution is 0.133. The van der Waals surface area contributed by atoms with Gasteiger partial charge in [0.05, 0.1) is 6.61 Å². The lowest BCUT2D eigenvalue weighted by atomic mass is 10.1. The summed E-state index contributed by atoms with van der Waals surface area (Å²) in [5.41, 5.74) is 1.21. The average Bonchev–Trinajstić information content (AvgIpc) is 2.30. The molecule has 0 N–H and O–H groups in total. The Morgan fingerprint density at radius 3 is 1.94 bits per heavy atom. The summed E-state index contributed by atoms with van der Waals surface area (Å²) in [5.74, 6) is 0.821. The second-order valence-electron chi connectivity index (χ2n) is 4.84. The Labute approximate surface area is 113 Å². The van der Waals surface area contributed by atoms with Crippen LogP contribution in [0.3, 0.4) is 0 Å². The summed E-state index contributed by atoms with van der Waals surface area (Å²) in [5, 5.41) is 0. The number of ether oxygens (including phenoxy) is 1. The molecule has 0 aromatic rings. The van der Waals surface area contributed by atoms with Crippen molar-refractivity contribution in [2.45, 2.75) is 64.7 Å². The summed E-state index contributed by atoms with van der Waals surface area (Å²) in [6.45, 7) is 7.66. The molecule has 0 saturated heterocycles. The molecule has 1 nitrogen and oxygen atoms in total. The third-order valence-electron chi connectivity index (χ3n) is 2.85. The van der Waals surface area contributed by atoms with Crippen LogP contribution in [0.5, 0.6) is 0 Å². The van der Waals surface area contributed by atoms with E-state index in [4.69, 9.17) is 16.3 Å². The van der Waals surface area contributed by atoms with Crippen molar-refractivity contribution in [2.75, 3.05) is 19.1 Å². The van der Waals surface area contributed by atoms with Gasteiger partial charge in [0, 0.05) is 12.5 Å².